The summed E-state index contributed by atoms with van der Waals surface area (Å²) in [4.78, 5) is 31.6. The van der Waals surface area contributed by atoms with Crippen LogP contribution in [-0.2, 0) is 4.79 Å². The van der Waals surface area contributed by atoms with Crippen molar-refractivity contribution in [2.75, 3.05) is 31.1 Å². The molecule has 1 aliphatic heterocycles. The van der Waals surface area contributed by atoms with Gasteiger partial charge in [-0.2, -0.15) is 5.26 Å². The van der Waals surface area contributed by atoms with Crippen LogP contribution in [0.5, 0.6) is 0 Å². The molecule has 0 aromatic carbocycles. The Morgan fingerprint density at radius 2 is 1.88 bits per heavy atom. The van der Waals surface area contributed by atoms with Crippen LogP contribution < -0.4 is 10.2 Å². The van der Waals surface area contributed by atoms with Crippen LogP contribution >= 0.6 is 0 Å². The number of piperazine rings is 1. The number of aliphatic carboxylic acids is 1. The minimum Gasteiger partial charge on any atom is -0.481 e. The van der Waals surface area contributed by atoms with E-state index in [-0.39, 0.29) is 18.0 Å². The first-order valence-corrected chi connectivity index (χ1v) is 8.97. The molecule has 0 atom stereocenters. The van der Waals surface area contributed by atoms with E-state index in [0.29, 0.717) is 63.2 Å². The Morgan fingerprint density at radius 3 is 2.50 bits per heavy atom. The lowest BCUT2D eigenvalue weighted by Crippen LogP contribution is -2.54. The second kappa shape index (κ2) is 8.04. The van der Waals surface area contributed by atoms with Gasteiger partial charge in [-0.05, 0) is 37.8 Å². The Hall–Kier alpha value is -2.82. The number of hydrogen-bond donors (Lipinski definition) is 2. The van der Waals surface area contributed by atoms with Gasteiger partial charge >= 0.3 is 12.0 Å². The number of carbonyl (C=O) groups is 2. The van der Waals surface area contributed by atoms with E-state index in [9.17, 15) is 14.9 Å². The van der Waals surface area contributed by atoms with Crippen molar-refractivity contribution in [1.82, 2.24) is 15.2 Å². The Labute approximate surface area is 152 Å². The van der Waals surface area contributed by atoms with Crippen molar-refractivity contribution in [1.29, 1.82) is 5.26 Å². The molecule has 138 valence electrons. The SMILES string of the molecule is N#Cc1cccnc1N1CCN(C(=O)NC2CCC(C(=O)O)CC2)CC1. The summed E-state index contributed by atoms with van der Waals surface area (Å²) in [5, 5.41) is 21.3. The highest BCUT2D eigenvalue weighted by Gasteiger charge is 2.29. The molecule has 2 fully saturated rings. The number of nitriles is 1. The van der Waals surface area contributed by atoms with E-state index in [0.717, 1.165) is 0 Å². The average molecular weight is 357 g/mol. The van der Waals surface area contributed by atoms with Crippen molar-refractivity contribution in [3.05, 3.63) is 23.9 Å². The topological polar surface area (TPSA) is 110 Å². The zero-order chi connectivity index (χ0) is 18.5. The maximum Gasteiger partial charge on any atom is 0.317 e. The van der Waals surface area contributed by atoms with Crippen molar-refractivity contribution >= 4 is 17.8 Å². The lowest BCUT2D eigenvalue weighted by atomic mass is 9.86. The molecule has 0 bridgehead atoms. The summed E-state index contributed by atoms with van der Waals surface area (Å²) in [6.07, 6.45) is 4.32. The van der Waals surface area contributed by atoms with E-state index in [1.807, 2.05) is 4.90 Å². The van der Waals surface area contributed by atoms with Crippen LogP contribution in [0.4, 0.5) is 10.6 Å². The van der Waals surface area contributed by atoms with Gasteiger partial charge in [0.2, 0.25) is 0 Å². The van der Waals surface area contributed by atoms with Gasteiger partial charge in [0.15, 0.2) is 0 Å². The molecule has 8 heteroatoms. The van der Waals surface area contributed by atoms with Crippen LogP contribution in [0.2, 0.25) is 0 Å². The van der Waals surface area contributed by atoms with Crippen LogP contribution in [0.25, 0.3) is 0 Å². The first-order valence-electron chi connectivity index (χ1n) is 8.97. The van der Waals surface area contributed by atoms with Gasteiger partial charge in [-0.3, -0.25) is 4.79 Å². The summed E-state index contributed by atoms with van der Waals surface area (Å²) < 4.78 is 0. The van der Waals surface area contributed by atoms with E-state index < -0.39 is 5.97 Å². The molecule has 2 amide bonds. The summed E-state index contributed by atoms with van der Waals surface area (Å²) in [5.74, 6) is -0.349. The van der Waals surface area contributed by atoms with Crippen molar-refractivity contribution in [2.24, 2.45) is 5.92 Å². The molecule has 0 spiro atoms. The molecule has 1 aliphatic carbocycles. The number of carboxylic acid groups (broad SMARTS) is 1. The minimum absolute atomic E-state index is 0.0529. The van der Waals surface area contributed by atoms with Gasteiger partial charge in [-0.1, -0.05) is 0 Å². The standard InChI is InChI=1S/C18H23N5O3/c19-12-14-2-1-7-20-16(14)22-8-10-23(11-9-22)18(26)21-15-5-3-13(4-6-15)17(24)25/h1-2,7,13,15H,3-6,8-11H2,(H,21,26)(H,24,25). The normalized spacial score (nSPS) is 23.2. The number of nitrogens with one attached hydrogen (secondary N) is 1. The van der Waals surface area contributed by atoms with E-state index >= 15 is 0 Å². The smallest absolute Gasteiger partial charge is 0.317 e. The van der Waals surface area contributed by atoms with Crippen molar-refractivity contribution < 1.29 is 14.7 Å². The first-order chi connectivity index (χ1) is 12.6. The molecule has 0 radical (unpaired) electrons. The van der Waals surface area contributed by atoms with Gasteiger partial charge in [-0.25, -0.2) is 9.78 Å². The maximum absolute atomic E-state index is 12.5. The van der Waals surface area contributed by atoms with E-state index in [1.165, 1.54) is 0 Å². The Morgan fingerprint density at radius 1 is 1.19 bits per heavy atom. The van der Waals surface area contributed by atoms with Crippen LogP contribution in [0.1, 0.15) is 31.2 Å². The lowest BCUT2D eigenvalue weighted by Gasteiger charge is -2.37. The third-order valence-electron chi connectivity index (χ3n) is 5.18. The van der Waals surface area contributed by atoms with Gasteiger partial charge < -0.3 is 20.2 Å². The van der Waals surface area contributed by atoms with Crippen molar-refractivity contribution in [3.63, 3.8) is 0 Å². The molecular weight excluding hydrogens is 334 g/mol. The molecule has 3 rings (SSSR count). The van der Waals surface area contributed by atoms with E-state index in [1.54, 1.807) is 23.2 Å². The van der Waals surface area contributed by atoms with E-state index in [4.69, 9.17) is 5.11 Å². The molecule has 0 unspecified atom stereocenters. The summed E-state index contributed by atoms with van der Waals surface area (Å²) >= 11 is 0. The van der Waals surface area contributed by atoms with Crippen LogP contribution in [-0.4, -0.2) is 59.2 Å². The van der Waals surface area contributed by atoms with Gasteiger partial charge in [0.1, 0.15) is 11.9 Å². The molecule has 8 nitrogen and oxygen atoms in total. The fourth-order valence-electron chi connectivity index (χ4n) is 3.61. The number of anilines is 1. The van der Waals surface area contributed by atoms with Gasteiger partial charge in [0.25, 0.3) is 0 Å². The fraction of sp³-hybridized carbons (Fsp3) is 0.556. The monoisotopic (exact) mass is 357 g/mol. The third-order valence-corrected chi connectivity index (χ3v) is 5.18. The number of nitrogens with zero attached hydrogens (tertiary/aromatic N) is 4. The van der Waals surface area contributed by atoms with Gasteiger partial charge in [-0.15, -0.1) is 0 Å². The van der Waals surface area contributed by atoms with Gasteiger partial charge in [0, 0.05) is 38.4 Å². The van der Waals surface area contributed by atoms with Crippen LogP contribution in [0, 0.1) is 17.2 Å². The van der Waals surface area contributed by atoms with Gasteiger partial charge in [0.05, 0.1) is 11.5 Å². The third kappa shape index (κ3) is 4.04. The maximum atomic E-state index is 12.5. The quantitative estimate of drug-likeness (QED) is 0.847. The Bertz CT molecular complexity index is 701. The number of pyridine rings is 1. The van der Waals surface area contributed by atoms with Crippen molar-refractivity contribution in [2.45, 2.75) is 31.7 Å². The molecule has 2 N–H and O–H groups in total. The lowest BCUT2D eigenvalue weighted by molar-refractivity contribution is -0.142. The zero-order valence-electron chi connectivity index (χ0n) is 14.6. The molecule has 2 heterocycles. The number of urea groups is 1. The summed E-state index contributed by atoms with van der Waals surface area (Å²) in [7, 11) is 0. The zero-order valence-corrected chi connectivity index (χ0v) is 14.6. The van der Waals surface area contributed by atoms with E-state index in [2.05, 4.69) is 16.4 Å². The number of carboxylic acids is 1. The number of aromatic nitrogens is 1. The number of amides is 2. The van der Waals surface area contributed by atoms with Crippen LogP contribution in [0.15, 0.2) is 18.3 Å². The molecule has 1 saturated heterocycles. The molecule has 26 heavy (non-hydrogen) atoms. The second-order valence-electron chi connectivity index (χ2n) is 6.80. The fourth-order valence-corrected chi connectivity index (χ4v) is 3.61. The highest BCUT2D eigenvalue weighted by Crippen LogP contribution is 2.24. The largest absolute Gasteiger partial charge is 0.481 e. The average Bonchev–Trinajstić information content (AvgIpc) is 2.68. The molecule has 1 aromatic heterocycles. The van der Waals surface area contributed by atoms with Crippen molar-refractivity contribution in [3.8, 4) is 6.07 Å². The number of rotatable bonds is 3. The number of carbonyl (C=O) groups excluding carboxylic acids is 1. The van der Waals surface area contributed by atoms with Crippen LogP contribution in [0.3, 0.4) is 0 Å². The first kappa shape index (κ1) is 18.0. The molecule has 1 aromatic rings. The molecule has 1 saturated carbocycles. The molecule has 2 aliphatic rings. The summed E-state index contributed by atoms with van der Waals surface area (Å²) in [6, 6.07) is 5.60. The highest BCUT2D eigenvalue weighted by atomic mass is 16.4. The number of hydrogen-bond acceptors (Lipinski definition) is 5. The summed E-state index contributed by atoms with van der Waals surface area (Å²) in [6.45, 7) is 2.39. The minimum atomic E-state index is -0.739. The Balaban J connectivity index is 1.48. The predicted molar refractivity (Wildman–Crippen MR) is 94.7 cm³/mol. The second-order valence-corrected chi connectivity index (χ2v) is 6.80. The highest BCUT2D eigenvalue weighted by molar-refractivity contribution is 5.75. The molecular formula is C18H23N5O3. The summed E-state index contributed by atoms with van der Waals surface area (Å²) in [5.41, 5.74) is 0.542. The predicted octanol–water partition coefficient (Wildman–Crippen LogP) is 1.43. The Kier molecular flexibility index (Phi) is 5.56.